The molecule has 102 valence electrons. The van der Waals surface area contributed by atoms with E-state index in [1.807, 2.05) is 30.1 Å². The first-order chi connectivity index (χ1) is 8.62. The number of thiophene rings is 1. The molecule has 1 N–H and O–H groups in total. The molecule has 1 amide bonds. The molecular formula is C14H24N2OS. The molecule has 1 unspecified atom stereocenters. The average molecular weight is 268 g/mol. The maximum absolute atomic E-state index is 11.9. The normalized spacial score (nSPS) is 12.4. The third-order valence-electron chi connectivity index (χ3n) is 3.13. The Kier molecular flexibility index (Phi) is 6.36. The number of hydrogen-bond acceptors (Lipinski definition) is 3. The van der Waals surface area contributed by atoms with Crippen molar-refractivity contribution in [1.29, 1.82) is 0 Å². The lowest BCUT2D eigenvalue weighted by Gasteiger charge is -2.20. The Morgan fingerprint density at radius 1 is 1.33 bits per heavy atom. The minimum atomic E-state index is 0.180. The molecule has 0 radical (unpaired) electrons. The molecule has 0 fully saturated rings. The molecule has 0 aromatic carbocycles. The van der Waals surface area contributed by atoms with Crippen LogP contribution in [0.15, 0.2) is 12.1 Å². The van der Waals surface area contributed by atoms with Crippen LogP contribution >= 0.6 is 11.3 Å². The van der Waals surface area contributed by atoms with Crippen molar-refractivity contribution >= 4 is 17.2 Å². The number of amides is 1. The lowest BCUT2D eigenvalue weighted by atomic mass is 10.2. The first kappa shape index (κ1) is 15.2. The van der Waals surface area contributed by atoms with E-state index in [0.29, 0.717) is 6.54 Å². The maximum atomic E-state index is 11.9. The van der Waals surface area contributed by atoms with Crippen LogP contribution in [-0.2, 0) is 11.2 Å². The zero-order valence-corrected chi connectivity index (χ0v) is 12.6. The fourth-order valence-electron chi connectivity index (χ4n) is 1.85. The monoisotopic (exact) mass is 268 g/mol. The molecule has 18 heavy (non-hydrogen) atoms. The van der Waals surface area contributed by atoms with Gasteiger partial charge in [-0.2, -0.15) is 0 Å². The van der Waals surface area contributed by atoms with E-state index in [1.54, 1.807) is 0 Å². The minimum Gasteiger partial charge on any atom is -0.342 e. The second kappa shape index (κ2) is 7.54. The highest BCUT2D eigenvalue weighted by Gasteiger charge is 2.12. The van der Waals surface area contributed by atoms with E-state index in [4.69, 9.17) is 0 Å². The van der Waals surface area contributed by atoms with Gasteiger partial charge in [-0.3, -0.25) is 4.79 Å². The third-order valence-corrected chi connectivity index (χ3v) is 4.55. The first-order valence-electron chi connectivity index (χ1n) is 6.72. The molecule has 0 spiro atoms. The molecule has 4 heteroatoms. The van der Waals surface area contributed by atoms with E-state index < -0.39 is 0 Å². The lowest BCUT2D eigenvalue weighted by Crippen LogP contribution is -2.38. The Morgan fingerprint density at radius 3 is 2.50 bits per heavy atom. The van der Waals surface area contributed by atoms with Gasteiger partial charge in [-0.1, -0.05) is 6.92 Å². The first-order valence-corrected chi connectivity index (χ1v) is 7.53. The molecule has 0 aliphatic carbocycles. The molecule has 0 saturated carbocycles. The smallest absolute Gasteiger partial charge is 0.236 e. The number of nitrogens with zero attached hydrogens (tertiary/aromatic N) is 1. The van der Waals surface area contributed by atoms with E-state index in [-0.39, 0.29) is 11.9 Å². The summed E-state index contributed by atoms with van der Waals surface area (Å²) in [6.45, 7) is 10.3. The number of likely N-dealkylation sites (N-methyl/N-ethyl adjacent to an activating group) is 1. The molecule has 3 nitrogen and oxygen atoms in total. The Hall–Kier alpha value is -0.870. The maximum Gasteiger partial charge on any atom is 0.236 e. The van der Waals surface area contributed by atoms with Gasteiger partial charge in [0.1, 0.15) is 0 Å². The summed E-state index contributed by atoms with van der Waals surface area (Å²) in [7, 11) is 0. The van der Waals surface area contributed by atoms with Gasteiger partial charge in [0.25, 0.3) is 0 Å². The van der Waals surface area contributed by atoms with Crippen LogP contribution in [0.2, 0.25) is 0 Å². The predicted octanol–water partition coefficient (Wildman–Crippen LogP) is 2.83. The summed E-state index contributed by atoms with van der Waals surface area (Å²) in [5.41, 5.74) is 0. The van der Waals surface area contributed by atoms with Crippen LogP contribution in [-0.4, -0.2) is 30.4 Å². The van der Waals surface area contributed by atoms with E-state index in [0.717, 1.165) is 19.5 Å². The van der Waals surface area contributed by atoms with Gasteiger partial charge < -0.3 is 10.2 Å². The molecule has 0 bridgehead atoms. The number of hydrogen-bond donors (Lipinski definition) is 1. The van der Waals surface area contributed by atoms with Gasteiger partial charge in [0, 0.05) is 28.9 Å². The lowest BCUT2D eigenvalue weighted by molar-refractivity contribution is -0.129. The quantitative estimate of drug-likeness (QED) is 0.824. The Labute approximate surface area is 114 Å². The minimum absolute atomic E-state index is 0.180. The molecule has 0 saturated heterocycles. The molecule has 0 aliphatic heterocycles. The second-order valence-electron chi connectivity index (χ2n) is 4.33. The van der Waals surface area contributed by atoms with Crippen molar-refractivity contribution in [2.75, 3.05) is 19.6 Å². The summed E-state index contributed by atoms with van der Waals surface area (Å²) in [5, 5.41) is 3.30. The van der Waals surface area contributed by atoms with Crippen molar-refractivity contribution in [3.05, 3.63) is 21.9 Å². The summed E-state index contributed by atoms with van der Waals surface area (Å²) < 4.78 is 0. The second-order valence-corrected chi connectivity index (χ2v) is 5.53. The Bertz CT molecular complexity index is 372. The number of carbonyl (C=O) groups is 1. The average Bonchev–Trinajstić information content (AvgIpc) is 2.86. The van der Waals surface area contributed by atoms with Crippen LogP contribution in [0.1, 0.15) is 43.5 Å². The fraction of sp³-hybridized carbons (Fsp3) is 0.643. The van der Waals surface area contributed by atoms with Gasteiger partial charge in [-0.15, -0.1) is 11.3 Å². The topological polar surface area (TPSA) is 32.3 Å². The summed E-state index contributed by atoms with van der Waals surface area (Å²) >= 11 is 1.83. The van der Waals surface area contributed by atoms with Crippen molar-refractivity contribution in [3.63, 3.8) is 0 Å². The van der Waals surface area contributed by atoms with Crippen LogP contribution < -0.4 is 5.32 Å². The number of rotatable bonds is 7. The number of aryl methyl sites for hydroxylation is 1. The number of carbonyl (C=O) groups excluding carboxylic acids is 1. The summed E-state index contributed by atoms with van der Waals surface area (Å²) in [6.07, 6.45) is 1.08. The van der Waals surface area contributed by atoms with Crippen LogP contribution in [0.5, 0.6) is 0 Å². The van der Waals surface area contributed by atoms with Crippen LogP contribution in [0, 0.1) is 0 Å². The van der Waals surface area contributed by atoms with Gasteiger partial charge >= 0.3 is 0 Å². The molecule has 1 rings (SSSR count). The zero-order chi connectivity index (χ0) is 13.5. The Balaban J connectivity index is 2.45. The number of nitrogens with one attached hydrogen (secondary N) is 1. The van der Waals surface area contributed by atoms with Crippen LogP contribution in [0.4, 0.5) is 0 Å². The highest BCUT2D eigenvalue weighted by Crippen LogP contribution is 2.23. The van der Waals surface area contributed by atoms with Gasteiger partial charge in [-0.05, 0) is 39.3 Å². The van der Waals surface area contributed by atoms with Crippen molar-refractivity contribution < 1.29 is 4.79 Å². The molecule has 1 heterocycles. The van der Waals surface area contributed by atoms with Gasteiger partial charge in [0.05, 0.1) is 6.54 Å². The van der Waals surface area contributed by atoms with Crippen molar-refractivity contribution in [3.8, 4) is 0 Å². The highest BCUT2D eigenvalue weighted by atomic mass is 32.1. The van der Waals surface area contributed by atoms with Gasteiger partial charge in [0.15, 0.2) is 0 Å². The van der Waals surface area contributed by atoms with E-state index >= 15 is 0 Å². The highest BCUT2D eigenvalue weighted by molar-refractivity contribution is 7.12. The van der Waals surface area contributed by atoms with Crippen molar-refractivity contribution in [2.45, 2.75) is 40.2 Å². The molecular weight excluding hydrogens is 244 g/mol. The zero-order valence-electron chi connectivity index (χ0n) is 11.8. The van der Waals surface area contributed by atoms with E-state index in [9.17, 15) is 4.79 Å². The SMILES string of the molecule is CCc1ccc(C(C)NCC(=O)N(CC)CC)s1. The Morgan fingerprint density at radius 2 is 2.00 bits per heavy atom. The summed E-state index contributed by atoms with van der Waals surface area (Å²) in [5.74, 6) is 0.180. The van der Waals surface area contributed by atoms with E-state index in [1.165, 1.54) is 9.75 Å². The largest absolute Gasteiger partial charge is 0.342 e. The van der Waals surface area contributed by atoms with Crippen LogP contribution in [0.3, 0.4) is 0 Å². The summed E-state index contributed by atoms with van der Waals surface area (Å²) in [6, 6.07) is 4.57. The fourth-order valence-corrected chi connectivity index (χ4v) is 2.83. The van der Waals surface area contributed by atoms with Gasteiger partial charge in [-0.25, -0.2) is 0 Å². The molecule has 1 aromatic rings. The van der Waals surface area contributed by atoms with E-state index in [2.05, 4.69) is 31.3 Å². The van der Waals surface area contributed by atoms with Gasteiger partial charge in [0.2, 0.25) is 5.91 Å². The van der Waals surface area contributed by atoms with Crippen molar-refractivity contribution in [2.24, 2.45) is 0 Å². The van der Waals surface area contributed by atoms with Crippen molar-refractivity contribution in [1.82, 2.24) is 10.2 Å². The third kappa shape index (κ3) is 4.10. The summed E-state index contributed by atoms with van der Waals surface area (Å²) in [4.78, 5) is 16.4. The molecule has 1 aromatic heterocycles. The standard InChI is InChI=1S/C14H24N2OS/c1-5-12-8-9-13(18-12)11(4)15-10-14(17)16(6-2)7-3/h8-9,11,15H,5-7,10H2,1-4H3. The predicted molar refractivity (Wildman–Crippen MR) is 78.0 cm³/mol. The molecule has 0 aliphatic rings. The van der Waals surface area contributed by atoms with Crippen LogP contribution in [0.25, 0.3) is 0 Å². The molecule has 1 atom stereocenters.